The summed E-state index contributed by atoms with van der Waals surface area (Å²) in [6, 6.07) is 3.56. The molecule has 0 amide bonds. The Morgan fingerprint density at radius 1 is 0.727 bits per heavy atom. The minimum absolute atomic E-state index is 0.354. The van der Waals surface area contributed by atoms with E-state index in [-0.39, 0.29) is 0 Å². The van der Waals surface area contributed by atoms with Gasteiger partial charge in [0.05, 0.1) is 0 Å². The summed E-state index contributed by atoms with van der Waals surface area (Å²) in [4.78, 5) is 8.30. The van der Waals surface area contributed by atoms with Gasteiger partial charge in [0.2, 0.25) is 0 Å². The van der Waals surface area contributed by atoms with Gasteiger partial charge < -0.3 is 16.4 Å². The van der Waals surface area contributed by atoms with E-state index in [1.165, 1.54) is 95.9 Å². The molecular formula is C26H41F2N5. The number of anilines is 4. The highest BCUT2D eigenvalue weighted by Gasteiger charge is 2.09. The smallest absolute Gasteiger partial charge is 0.160 e. The fourth-order valence-corrected chi connectivity index (χ4v) is 3.87. The second kappa shape index (κ2) is 16.2. The molecule has 5 nitrogen and oxygen atoms in total. The highest BCUT2D eigenvalue weighted by atomic mass is 19.2. The van der Waals surface area contributed by atoms with Crippen LogP contribution in [0.3, 0.4) is 0 Å². The van der Waals surface area contributed by atoms with E-state index in [1.54, 1.807) is 0 Å². The van der Waals surface area contributed by atoms with Gasteiger partial charge in [-0.1, -0.05) is 90.4 Å². The SMILES string of the molecule is CCCCCCCCCCCCCCCCNc1ncnc(Nc2ccc(F)c(F)c2)c1N. The van der Waals surface area contributed by atoms with Crippen molar-refractivity contribution in [3.05, 3.63) is 36.2 Å². The molecule has 0 bridgehead atoms. The first-order valence-electron chi connectivity index (χ1n) is 12.7. The van der Waals surface area contributed by atoms with Gasteiger partial charge >= 0.3 is 0 Å². The first kappa shape index (κ1) is 26.8. The maximum Gasteiger partial charge on any atom is 0.160 e. The lowest BCUT2D eigenvalue weighted by atomic mass is 10.0. The molecule has 7 heteroatoms. The van der Waals surface area contributed by atoms with E-state index in [4.69, 9.17) is 5.73 Å². The highest BCUT2D eigenvalue weighted by Crippen LogP contribution is 2.26. The maximum atomic E-state index is 13.4. The Labute approximate surface area is 198 Å². The van der Waals surface area contributed by atoms with Crippen molar-refractivity contribution in [1.29, 1.82) is 0 Å². The predicted molar refractivity (Wildman–Crippen MR) is 135 cm³/mol. The Balaban J connectivity index is 1.53. The van der Waals surface area contributed by atoms with Gasteiger partial charge in [-0.3, -0.25) is 0 Å². The van der Waals surface area contributed by atoms with Crippen molar-refractivity contribution >= 4 is 23.0 Å². The van der Waals surface area contributed by atoms with Crippen LogP contribution in [0, 0.1) is 11.6 Å². The Hall–Kier alpha value is -2.44. The van der Waals surface area contributed by atoms with Crippen molar-refractivity contribution in [3.8, 4) is 0 Å². The van der Waals surface area contributed by atoms with Crippen LogP contribution in [0.2, 0.25) is 0 Å². The molecule has 1 aromatic heterocycles. The minimum atomic E-state index is -0.927. The number of aromatic nitrogens is 2. The van der Waals surface area contributed by atoms with E-state index >= 15 is 0 Å². The Kier molecular flexibility index (Phi) is 13.2. The van der Waals surface area contributed by atoms with E-state index in [1.807, 2.05) is 0 Å². The van der Waals surface area contributed by atoms with Gasteiger partial charge in [-0.15, -0.1) is 0 Å². The lowest BCUT2D eigenvalue weighted by molar-refractivity contribution is 0.509. The number of halogens is 2. The van der Waals surface area contributed by atoms with Crippen LogP contribution in [0.5, 0.6) is 0 Å². The summed E-state index contributed by atoms with van der Waals surface area (Å²) in [5.41, 5.74) is 6.87. The lowest BCUT2D eigenvalue weighted by Gasteiger charge is -2.12. The maximum absolute atomic E-state index is 13.4. The zero-order valence-electron chi connectivity index (χ0n) is 20.1. The average Bonchev–Trinajstić information content (AvgIpc) is 2.81. The third kappa shape index (κ3) is 10.8. The van der Waals surface area contributed by atoms with Crippen molar-refractivity contribution in [2.75, 3.05) is 22.9 Å². The molecule has 0 aliphatic carbocycles. The number of nitrogens with one attached hydrogen (secondary N) is 2. The summed E-state index contributed by atoms with van der Waals surface area (Å²) in [6.45, 7) is 3.05. The number of benzene rings is 1. The standard InChI is InChI=1S/C26H41F2N5/c1-2-3-4-5-6-7-8-9-10-11-12-13-14-15-18-30-25-24(29)26(32-20-31-25)33-21-16-17-22(27)23(28)19-21/h16-17,19-20H,2-15,18,29H2,1H3,(H2,30,31,32,33). The van der Waals surface area contributed by atoms with Crippen LogP contribution < -0.4 is 16.4 Å². The number of unbranched alkanes of at least 4 members (excludes halogenated alkanes) is 13. The zero-order chi connectivity index (χ0) is 23.7. The van der Waals surface area contributed by atoms with Crippen LogP contribution in [0.4, 0.5) is 31.8 Å². The molecule has 4 N–H and O–H groups in total. The number of nitrogen functional groups attached to an aromatic ring is 1. The molecule has 0 unspecified atom stereocenters. The second-order valence-electron chi connectivity index (χ2n) is 8.76. The van der Waals surface area contributed by atoms with Crippen molar-refractivity contribution in [3.63, 3.8) is 0 Å². The Morgan fingerprint density at radius 2 is 1.27 bits per heavy atom. The first-order valence-corrected chi connectivity index (χ1v) is 12.7. The third-order valence-electron chi connectivity index (χ3n) is 5.89. The molecule has 1 aromatic carbocycles. The fraction of sp³-hybridized carbons (Fsp3) is 0.615. The van der Waals surface area contributed by atoms with E-state index in [0.29, 0.717) is 23.0 Å². The predicted octanol–water partition coefficient (Wildman–Crippen LogP) is 7.97. The summed E-state index contributed by atoms with van der Waals surface area (Å²) in [5, 5.41) is 6.16. The number of rotatable bonds is 18. The van der Waals surface area contributed by atoms with Gasteiger partial charge in [0.25, 0.3) is 0 Å². The molecule has 0 fully saturated rings. The Morgan fingerprint density at radius 3 is 1.85 bits per heavy atom. The summed E-state index contributed by atoms with van der Waals surface area (Å²) in [5.74, 6) is -0.917. The molecule has 2 aromatic rings. The van der Waals surface area contributed by atoms with Crippen molar-refractivity contribution in [2.45, 2.75) is 96.8 Å². The first-order chi connectivity index (χ1) is 16.1. The third-order valence-corrected chi connectivity index (χ3v) is 5.89. The molecular weight excluding hydrogens is 420 g/mol. The van der Waals surface area contributed by atoms with Crippen LogP contribution in [0.25, 0.3) is 0 Å². The largest absolute Gasteiger partial charge is 0.393 e. The summed E-state index contributed by atoms with van der Waals surface area (Å²) < 4.78 is 26.5. The van der Waals surface area contributed by atoms with E-state index in [2.05, 4.69) is 27.5 Å². The Bertz CT molecular complexity index is 800. The molecule has 33 heavy (non-hydrogen) atoms. The van der Waals surface area contributed by atoms with E-state index < -0.39 is 11.6 Å². The van der Waals surface area contributed by atoms with Gasteiger partial charge in [-0.05, 0) is 18.6 Å². The topological polar surface area (TPSA) is 75.9 Å². The number of hydrogen-bond donors (Lipinski definition) is 3. The van der Waals surface area contributed by atoms with Crippen molar-refractivity contribution in [1.82, 2.24) is 9.97 Å². The molecule has 0 aliphatic heterocycles. The molecule has 0 spiro atoms. The van der Waals surface area contributed by atoms with Crippen LogP contribution in [0.1, 0.15) is 96.8 Å². The van der Waals surface area contributed by atoms with Gasteiger partial charge in [0, 0.05) is 18.3 Å². The van der Waals surface area contributed by atoms with Crippen molar-refractivity contribution < 1.29 is 8.78 Å². The average molecular weight is 462 g/mol. The normalized spacial score (nSPS) is 11.0. The molecule has 0 saturated carbocycles. The van der Waals surface area contributed by atoms with Gasteiger partial charge in [-0.25, -0.2) is 18.7 Å². The van der Waals surface area contributed by atoms with E-state index in [9.17, 15) is 8.78 Å². The second-order valence-corrected chi connectivity index (χ2v) is 8.76. The fourth-order valence-electron chi connectivity index (χ4n) is 3.87. The summed E-state index contributed by atoms with van der Waals surface area (Å²) in [7, 11) is 0. The monoisotopic (exact) mass is 461 g/mol. The molecule has 184 valence electrons. The minimum Gasteiger partial charge on any atom is -0.393 e. The van der Waals surface area contributed by atoms with E-state index in [0.717, 1.165) is 25.1 Å². The zero-order valence-corrected chi connectivity index (χ0v) is 20.1. The van der Waals surface area contributed by atoms with Crippen LogP contribution in [-0.2, 0) is 0 Å². The summed E-state index contributed by atoms with van der Waals surface area (Å²) in [6.07, 6.45) is 20.0. The quantitative estimate of drug-likeness (QED) is 0.196. The molecule has 0 radical (unpaired) electrons. The van der Waals surface area contributed by atoms with Crippen LogP contribution in [0.15, 0.2) is 24.5 Å². The molecule has 0 aliphatic rings. The van der Waals surface area contributed by atoms with Crippen molar-refractivity contribution in [2.24, 2.45) is 0 Å². The molecule has 1 heterocycles. The molecule has 0 atom stereocenters. The number of nitrogens with two attached hydrogens (primary N) is 1. The highest BCUT2D eigenvalue weighted by molar-refractivity contribution is 5.77. The number of hydrogen-bond acceptors (Lipinski definition) is 5. The van der Waals surface area contributed by atoms with Gasteiger partial charge in [0.15, 0.2) is 23.3 Å². The van der Waals surface area contributed by atoms with Crippen LogP contribution >= 0.6 is 0 Å². The lowest BCUT2D eigenvalue weighted by Crippen LogP contribution is -2.09. The number of nitrogens with zero attached hydrogens (tertiary/aromatic N) is 2. The van der Waals surface area contributed by atoms with Gasteiger partial charge in [-0.2, -0.15) is 0 Å². The summed E-state index contributed by atoms with van der Waals surface area (Å²) >= 11 is 0. The molecule has 2 rings (SSSR count). The molecule has 0 saturated heterocycles. The van der Waals surface area contributed by atoms with Crippen LogP contribution in [-0.4, -0.2) is 16.5 Å². The van der Waals surface area contributed by atoms with Gasteiger partial charge in [0.1, 0.15) is 12.0 Å².